The topological polar surface area (TPSA) is 0 Å². The van der Waals surface area contributed by atoms with Crippen LogP contribution in [0.5, 0.6) is 0 Å². The Bertz CT molecular complexity index is 851. The molecule has 0 N–H and O–H groups in total. The maximum absolute atomic E-state index is 2.28. The molecule has 0 saturated carbocycles. The van der Waals surface area contributed by atoms with Crippen LogP contribution >= 0.6 is 0 Å². The van der Waals surface area contributed by atoms with E-state index in [0.29, 0.717) is 0 Å². The van der Waals surface area contributed by atoms with Gasteiger partial charge in [-0.25, -0.2) is 0 Å². The molecule has 1 aliphatic carbocycles. The molecule has 0 unspecified atom stereocenters. The Balaban J connectivity index is 2.40. The second-order valence-corrected chi connectivity index (χ2v) is 5.08. The fourth-order valence-electron chi connectivity index (χ4n) is 3.07. The molecule has 4 rings (SSSR count). The van der Waals surface area contributed by atoms with Gasteiger partial charge in [-0.15, -0.1) is 0 Å². The average Bonchev–Trinajstić information content (AvgIpc) is 2.61. The van der Waals surface area contributed by atoms with Gasteiger partial charge in [-0.05, 0) is 51.2 Å². The van der Waals surface area contributed by atoms with E-state index in [0.717, 1.165) is 6.42 Å². The summed E-state index contributed by atoms with van der Waals surface area (Å²) in [6.07, 6.45) is 7.68. The highest BCUT2D eigenvalue weighted by molar-refractivity contribution is 6.12. The lowest BCUT2D eigenvalue weighted by Crippen LogP contribution is -2.04. The molecular formula is C18H14. The molecule has 0 aromatic heterocycles. The first kappa shape index (κ1) is 9.90. The number of hydrogen-bond donors (Lipinski definition) is 0. The van der Waals surface area contributed by atoms with Crippen molar-refractivity contribution in [3.05, 3.63) is 64.9 Å². The lowest BCUT2D eigenvalue weighted by atomic mass is 9.92. The van der Waals surface area contributed by atoms with Gasteiger partial charge in [0.25, 0.3) is 0 Å². The SMILES string of the molecule is Cc1ccc2ccc3c4c(ccc1c24)=CC=CC3. The van der Waals surface area contributed by atoms with E-state index in [1.165, 1.54) is 37.9 Å². The molecule has 0 nitrogen and oxygen atoms in total. The first-order valence-corrected chi connectivity index (χ1v) is 6.45. The molecule has 0 atom stereocenters. The molecule has 3 aromatic carbocycles. The minimum absolute atomic E-state index is 1.03. The van der Waals surface area contributed by atoms with Gasteiger partial charge in [0.05, 0.1) is 0 Å². The number of allylic oxidation sites excluding steroid dienone is 2. The lowest BCUT2D eigenvalue weighted by molar-refractivity contribution is 1.31. The molecule has 18 heavy (non-hydrogen) atoms. The van der Waals surface area contributed by atoms with E-state index in [2.05, 4.69) is 61.5 Å². The van der Waals surface area contributed by atoms with Gasteiger partial charge in [-0.1, -0.05) is 54.6 Å². The van der Waals surface area contributed by atoms with Crippen LogP contribution in [-0.2, 0) is 6.42 Å². The summed E-state index contributed by atoms with van der Waals surface area (Å²) in [7, 11) is 0. The Morgan fingerprint density at radius 1 is 0.889 bits per heavy atom. The van der Waals surface area contributed by atoms with Crippen LogP contribution in [0, 0.1) is 6.92 Å². The molecule has 0 spiro atoms. The molecule has 0 radical (unpaired) electrons. The van der Waals surface area contributed by atoms with Gasteiger partial charge in [0.1, 0.15) is 0 Å². The summed E-state index contributed by atoms with van der Waals surface area (Å²) < 4.78 is 0. The Hall–Kier alpha value is -2.08. The normalized spacial score (nSPS) is 13.8. The first-order valence-electron chi connectivity index (χ1n) is 6.45. The summed E-state index contributed by atoms with van der Waals surface area (Å²) in [6.45, 7) is 2.20. The second-order valence-electron chi connectivity index (χ2n) is 5.08. The molecule has 0 heteroatoms. The van der Waals surface area contributed by atoms with E-state index in [1.807, 2.05) is 0 Å². The number of aryl methyl sites for hydroxylation is 1. The molecule has 0 aliphatic heterocycles. The summed E-state index contributed by atoms with van der Waals surface area (Å²) in [6, 6.07) is 13.5. The van der Waals surface area contributed by atoms with Crippen LogP contribution < -0.4 is 5.22 Å². The molecular weight excluding hydrogens is 216 g/mol. The molecule has 0 heterocycles. The van der Waals surface area contributed by atoms with Crippen molar-refractivity contribution < 1.29 is 0 Å². The van der Waals surface area contributed by atoms with E-state index in [9.17, 15) is 0 Å². The Morgan fingerprint density at radius 2 is 1.78 bits per heavy atom. The van der Waals surface area contributed by atoms with Crippen molar-refractivity contribution in [1.29, 1.82) is 0 Å². The van der Waals surface area contributed by atoms with Gasteiger partial charge in [0.2, 0.25) is 0 Å². The molecule has 3 aromatic rings. The predicted molar refractivity (Wildman–Crippen MR) is 78.7 cm³/mol. The van der Waals surface area contributed by atoms with Crippen molar-refractivity contribution in [2.24, 2.45) is 0 Å². The highest BCUT2D eigenvalue weighted by Gasteiger charge is 2.09. The van der Waals surface area contributed by atoms with Gasteiger partial charge in [-0.3, -0.25) is 0 Å². The zero-order valence-electron chi connectivity index (χ0n) is 10.4. The molecule has 0 saturated heterocycles. The summed E-state index contributed by atoms with van der Waals surface area (Å²) in [5, 5.41) is 6.97. The van der Waals surface area contributed by atoms with Gasteiger partial charge < -0.3 is 0 Å². The van der Waals surface area contributed by atoms with Crippen LogP contribution in [0.25, 0.3) is 27.6 Å². The Kier molecular flexibility index (Phi) is 1.90. The van der Waals surface area contributed by atoms with E-state index in [1.54, 1.807) is 0 Å². The third-order valence-corrected chi connectivity index (χ3v) is 4.00. The Labute approximate surface area is 106 Å². The van der Waals surface area contributed by atoms with Crippen molar-refractivity contribution >= 4 is 27.6 Å². The zero-order chi connectivity index (χ0) is 12.1. The molecule has 0 bridgehead atoms. The van der Waals surface area contributed by atoms with Crippen molar-refractivity contribution in [1.82, 2.24) is 0 Å². The standard InChI is InChI=1S/C18H14/c1-12-6-7-15-9-8-13-4-2-3-5-14-10-11-16(12)18(15)17(13)14/h2-3,5-11H,4H2,1H3. The largest absolute Gasteiger partial charge is 0.0801 e. The van der Waals surface area contributed by atoms with Crippen molar-refractivity contribution in [3.63, 3.8) is 0 Å². The van der Waals surface area contributed by atoms with Crippen LogP contribution in [0.1, 0.15) is 11.1 Å². The Morgan fingerprint density at radius 3 is 2.72 bits per heavy atom. The maximum Gasteiger partial charge on any atom is -0.00273 e. The van der Waals surface area contributed by atoms with Crippen molar-refractivity contribution in [2.75, 3.05) is 0 Å². The van der Waals surface area contributed by atoms with Crippen LogP contribution in [0.2, 0.25) is 0 Å². The van der Waals surface area contributed by atoms with Crippen LogP contribution in [0.3, 0.4) is 0 Å². The number of benzene rings is 3. The number of rotatable bonds is 0. The van der Waals surface area contributed by atoms with E-state index in [-0.39, 0.29) is 0 Å². The third-order valence-electron chi connectivity index (χ3n) is 4.00. The highest BCUT2D eigenvalue weighted by atomic mass is 14.1. The number of hydrogen-bond acceptors (Lipinski definition) is 0. The smallest absolute Gasteiger partial charge is 0.00273 e. The van der Waals surface area contributed by atoms with Gasteiger partial charge in [0.15, 0.2) is 0 Å². The van der Waals surface area contributed by atoms with Gasteiger partial charge >= 0.3 is 0 Å². The summed E-state index contributed by atoms with van der Waals surface area (Å²) in [5.41, 5.74) is 2.81. The molecule has 0 fully saturated rings. The second kappa shape index (κ2) is 3.46. The lowest BCUT2D eigenvalue weighted by Gasteiger charge is -2.11. The van der Waals surface area contributed by atoms with E-state index < -0.39 is 0 Å². The summed E-state index contributed by atoms with van der Waals surface area (Å²) in [4.78, 5) is 0. The van der Waals surface area contributed by atoms with Gasteiger partial charge in [-0.2, -0.15) is 0 Å². The van der Waals surface area contributed by atoms with Gasteiger partial charge in [0, 0.05) is 0 Å². The quantitative estimate of drug-likeness (QED) is 0.549. The van der Waals surface area contributed by atoms with Crippen LogP contribution in [0.4, 0.5) is 0 Å². The molecule has 1 aliphatic rings. The minimum atomic E-state index is 1.03. The maximum atomic E-state index is 2.28. The van der Waals surface area contributed by atoms with E-state index >= 15 is 0 Å². The van der Waals surface area contributed by atoms with E-state index in [4.69, 9.17) is 0 Å². The average molecular weight is 230 g/mol. The first-order chi connectivity index (χ1) is 8.84. The summed E-state index contributed by atoms with van der Waals surface area (Å²) in [5.74, 6) is 0. The van der Waals surface area contributed by atoms with Crippen LogP contribution in [-0.4, -0.2) is 0 Å². The third kappa shape index (κ3) is 1.20. The highest BCUT2D eigenvalue weighted by Crippen LogP contribution is 2.30. The monoisotopic (exact) mass is 230 g/mol. The van der Waals surface area contributed by atoms with Crippen molar-refractivity contribution in [3.8, 4) is 0 Å². The molecule has 0 amide bonds. The minimum Gasteiger partial charge on any atom is -0.0801 e. The molecule has 86 valence electrons. The van der Waals surface area contributed by atoms with Crippen LogP contribution in [0.15, 0.2) is 48.6 Å². The fourth-order valence-corrected chi connectivity index (χ4v) is 3.07. The fraction of sp³-hybridized carbons (Fsp3) is 0.111. The predicted octanol–water partition coefficient (Wildman–Crippen LogP) is 3.91. The summed E-state index contributed by atoms with van der Waals surface area (Å²) >= 11 is 0. The van der Waals surface area contributed by atoms with Crippen molar-refractivity contribution in [2.45, 2.75) is 13.3 Å². The zero-order valence-corrected chi connectivity index (χ0v) is 10.4.